The van der Waals surface area contributed by atoms with Crippen LogP contribution in [0.1, 0.15) is 33.1 Å². The van der Waals surface area contributed by atoms with E-state index < -0.39 is 17.8 Å². The van der Waals surface area contributed by atoms with E-state index in [-0.39, 0.29) is 18.3 Å². The molecule has 3 aromatic rings. The summed E-state index contributed by atoms with van der Waals surface area (Å²) >= 11 is 0. The fraction of sp³-hybridized carbons (Fsp3) is 0.296. The van der Waals surface area contributed by atoms with E-state index in [1.54, 1.807) is 49.5 Å². The van der Waals surface area contributed by atoms with Crippen LogP contribution in [0.25, 0.3) is 0 Å². The molecule has 1 aliphatic rings. The van der Waals surface area contributed by atoms with Gasteiger partial charge in [-0.1, -0.05) is 6.07 Å². The molecule has 9 heteroatoms. The van der Waals surface area contributed by atoms with Crippen molar-refractivity contribution in [3.05, 3.63) is 82.9 Å². The number of rotatable bonds is 7. The van der Waals surface area contributed by atoms with E-state index >= 15 is 0 Å². The molecule has 4 rings (SSSR count). The highest BCUT2D eigenvalue weighted by molar-refractivity contribution is 5.95. The number of amides is 1. The Morgan fingerprint density at radius 2 is 1.61 bits per heavy atom. The molecule has 1 heterocycles. The Labute approximate surface area is 207 Å². The lowest BCUT2D eigenvalue weighted by molar-refractivity contribution is -0.137. The van der Waals surface area contributed by atoms with Crippen LogP contribution in [0, 0.1) is 0 Å². The second kappa shape index (κ2) is 10.4. The van der Waals surface area contributed by atoms with Gasteiger partial charge in [-0.25, -0.2) is 0 Å². The van der Waals surface area contributed by atoms with Crippen molar-refractivity contribution in [3.63, 3.8) is 0 Å². The maximum atomic E-state index is 13.5. The number of hydrogen-bond donors (Lipinski definition) is 0. The SMILES string of the molecule is COc1ccc(C(=O)N2CCc3cc(OC)c(OC)cc3C2COc2cccc(C(F)(F)F)c2)cc1. The molecule has 0 radical (unpaired) electrons. The first-order chi connectivity index (χ1) is 17.2. The maximum absolute atomic E-state index is 13.5. The lowest BCUT2D eigenvalue weighted by atomic mass is 9.91. The van der Waals surface area contributed by atoms with Gasteiger partial charge in [0.05, 0.1) is 32.9 Å². The van der Waals surface area contributed by atoms with Crippen LogP contribution < -0.4 is 18.9 Å². The average Bonchev–Trinajstić information content (AvgIpc) is 2.90. The topological polar surface area (TPSA) is 57.2 Å². The Balaban J connectivity index is 1.69. The van der Waals surface area contributed by atoms with Gasteiger partial charge in [0, 0.05) is 12.1 Å². The van der Waals surface area contributed by atoms with Gasteiger partial charge < -0.3 is 23.8 Å². The molecule has 1 amide bonds. The summed E-state index contributed by atoms with van der Waals surface area (Å²) in [4.78, 5) is 15.2. The fourth-order valence-corrected chi connectivity index (χ4v) is 4.29. The summed E-state index contributed by atoms with van der Waals surface area (Å²) in [5.74, 6) is 1.50. The minimum Gasteiger partial charge on any atom is -0.497 e. The van der Waals surface area contributed by atoms with Crippen molar-refractivity contribution < 1.29 is 36.9 Å². The number of hydrogen-bond acceptors (Lipinski definition) is 5. The number of carbonyl (C=O) groups is 1. The predicted molar refractivity (Wildman–Crippen MR) is 127 cm³/mol. The van der Waals surface area contributed by atoms with Crippen molar-refractivity contribution in [2.75, 3.05) is 34.5 Å². The Morgan fingerprint density at radius 1 is 0.917 bits per heavy atom. The summed E-state index contributed by atoms with van der Waals surface area (Å²) < 4.78 is 61.4. The van der Waals surface area contributed by atoms with E-state index in [4.69, 9.17) is 18.9 Å². The lowest BCUT2D eigenvalue weighted by Crippen LogP contribution is -2.42. The Bertz CT molecular complexity index is 1230. The first kappa shape index (κ1) is 25.2. The molecule has 1 unspecified atom stereocenters. The molecular weight excluding hydrogens is 475 g/mol. The number of benzene rings is 3. The van der Waals surface area contributed by atoms with Crippen LogP contribution >= 0.6 is 0 Å². The summed E-state index contributed by atoms with van der Waals surface area (Å²) in [7, 11) is 4.60. The van der Waals surface area contributed by atoms with Crippen LogP contribution in [0.15, 0.2) is 60.7 Å². The summed E-state index contributed by atoms with van der Waals surface area (Å²) in [6.45, 7) is 0.343. The number of ether oxygens (including phenoxy) is 4. The quantitative estimate of drug-likeness (QED) is 0.425. The summed E-state index contributed by atoms with van der Waals surface area (Å²) in [5, 5.41) is 0. The van der Waals surface area contributed by atoms with Crippen molar-refractivity contribution >= 4 is 5.91 Å². The monoisotopic (exact) mass is 501 g/mol. The molecule has 0 spiro atoms. The van der Waals surface area contributed by atoms with Gasteiger partial charge in [-0.2, -0.15) is 13.2 Å². The van der Waals surface area contributed by atoms with Crippen molar-refractivity contribution in [1.29, 1.82) is 0 Å². The normalized spacial score (nSPS) is 15.2. The van der Waals surface area contributed by atoms with Gasteiger partial charge in [-0.15, -0.1) is 0 Å². The minimum atomic E-state index is -4.49. The molecule has 0 bridgehead atoms. The number of halogens is 3. The zero-order chi connectivity index (χ0) is 25.9. The highest BCUT2D eigenvalue weighted by Crippen LogP contribution is 2.39. The first-order valence-corrected chi connectivity index (χ1v) is 11.2. The third-order valence-corrected chi connectivity index (χ3v) is 6.17. The standard InChI is InChI=1S/C27H26F3NO5/c1-33-20-9-7-17(8-10-20)26(32)31-12-11-18-13-24(34-2)25(35-3)15-22(18)23(31)16-36-21-6-4-5-19(14-21)27(28,29)30/h4-10,13-15,23H,11-12,16H2,1-3H3. The third-order valence-electron chi connectivity index (χ3n) is 6.17. The summed E-state index contributed by atoms with van der Waals surface area (Å²) in [6, 6.07) is 14.5. The number of nitrogens with zero attached hydrogens (tertiary/aromatic N) is 1. The zero-order valence-corrected chi connectivity index (χ0v) is 20.1. The third kappa shape index (κ3) is 5.19. The fourth-order valence-electron chi connectivity index (χ4n) is 4.29. The minimum absolute atomic E-state index is 0.0499. The molecule has 1 aliphatic heterocycles. The van der Waals surface area contributed by atoms with Crippen molar-refractivity contribution in [2.24, 2.45) is 0 Å². The second-order valence-corrected chi connectivity index (χ2v) is 8.24. The Kier molecular flexibility index (Phi) is 7.28. The summed E-state index contributed by atoms with van der Waals surface area (Å²) in [6.07, 6.45) is -3.92. The van der Waals surface area contributed by atoms with E-state index in [2.05, 4.69) is 0 Å². The molecule has 3 aromatic carbocycles. The molecule has 0 saturated carbocycles. The Hall–Kier alpha value is -3.88. The predicted octanol–water partition coefficient (Wildman–Crippen LogP) is 5.55. The molecule has 0 aromatic heterocycles. The molecule has 0 saturated heterocycles. The maximum Gasteiger partial charge on any atom is 0.416 e. The van der Waals surface area contributed by atoms with Crippen LogP contribution in [0.3, 0.4) is 0 Å². The van der Waals surface area contributed by atoms with Crippen LogP contribution in [0.5, 0.6) is 23.0 Å². The number of fused-ring (bicyclic) bond motifs is 1. The molecule has 36 heavy (non-hydrogen) atoms. The largest absolute Gasteiger partial charge is 0.497 e. The lowest BCUT2D eigenvalue weighted by Gasteiger charge is -2.37. The van der Waals surface area contributed by atoms with Gasteiger partial charge in [0.2, 0.25) is 0 Å². The van der Waals surface area contributed by atoms with Gasteiger partial charge in [-0.3, -0.25) is 4.79 Å². The van der Waals surface area contributed by atoms with Crippen LogP contribution in [0.2, 0.25) is 0 Å². The van der Waals surface area contributed by atoms with Gasteiger partial charge in [-0.05, 0) is 72.1 Å². The highest BCUT2D eigenvalue weighted by Gasteiger charge is 2.34. The van der Waals surface area contributed by atoms with Crippen LogP contribution in [-0.4, -0.2) is 45.3 Å². The molecule has 190 valence electrons. The highest BCUT2D eigenvalue weighted by atomic mass is 19.4. The van der Waals surface area contributed by atoms with Crippen LogP contribution in [-0.2, 0) is 12.6 Å². The van der Waals surface area contributed by atoms with Crippen molar-refractivity contribution in [2.45, 2.75) is 18.6 Å². The van der Waals surface area contributed by atoms with Crippen LogP contribution in [0.4, 0.5) is 13.2 Å². The second-order valence-electron chi connectivity index (χ2n) is 8.24. The zero-order valence-electron chi connectivity index (χ0n) is 20.1. The number of methoxy groups -OCH3 is 3. The number of carbonyl (C=O) groups excluding carboxylic acids is 1. The molecule has 0 fully saturated rings. The average molecular weight is 502 g/mol. The van der Waals surface area contributed by atoms with E-state index in [0.717, 1.165) is 23.3 Å². The smallest absolute Gasteiger partial charge is 0.416 e. The van der Waals surface area contributed by atoms with Gasteiger partial charge in [0.1, 0.15) is 18.1 Å². The van der Waals surface area contributed by atoms with E-state index in [1.165, 1.54) is 19.2 Å². The van der Waals surface area contributed by atoms with Crippen molar-refractivity contribution in [3.8, 4) is 23.0 Å². The van der Waals surface area contributed by atoms with Crippen molar-refractivity contribution in [1.82, 2.24) is 4.90 Å². The molecular formula is C27H26F3NO5. The first-order valence-electron chi connectivity index (χ1n) is 11.2. The van der Waals surface area contributed by atoms with Gasteiger partial charge >= 0.3 is 6.18 Å². The summed E-state index contributed by atoms with van der Waals surface area (Å²) in [5.41, 5.74) is 1.39. The molecule has 1 atom stereocenters. The molecule has 0 aliphatic carbocycles. The molecule has 6 nitrogen and oxygen atoms in total. The molecule has 0 N–H and O–H groups in total. The van der Waals surface area contributed by atoms with E-state index in [9.17, 15) is 18.0 Å². The van der Waals surface area contributed by atoms with E-state index in [1.807, 2.05) is 6.07 Å². The van der Waals surface area contributed by atoms with Gasteiger partial charge in [0.15, 0.2) is 11.5 Å². The van der Waals surface area contributed by atoms with E-state index in [0.29, 0.717) is 35.8 Å². The number of alkyl halides is 3. The van der Waals surface area contributed by atoms with Gasteiger partial charge in [0.25, 0.3) is 5.91 Å². The Morgan fingerprint density at radius 3 is 2.25 bits per heavy atom.